The topological polar surface area (TPSA) is 132 Å². The maximum atomic E-state index is 12.8. The van der Waals surface area contributed by atoms with Crippen molar-refractivity contribution in [2.24, 2.45) is 5.73 Å². The lowest BCUT2D eigenvalue weighted by Gasteiger charge is -2.34. The van der Waals surface area contributed by atoms with Gasteiger partial charge in [-0.2, -0.15) is 14.1 Å². The molecule has 0 aliphatic carbocycles. The number of sulfonamides is 1. The second kappa shape index (κ2) is 8.17. The third-order valence-electron chi connectivity index (χ3n) is 4.90. The van der Waals surface area contributed by atoms with Crippen LogP contribution in [0.2, 0.25) is 5.02 Å². The minimum absolute atomic E-state index is 0.00675. The van der Waals surface area contributed by atoms with Gasteiger partial charge in [0.1, 0.15) is 5.02 Å². The summed E-state index contributed by atoms with van der Waals surface area (Å²) >= 11 is 6.33. The molecule has 0 saturated carbocycles. The van der Waals surface area contributed by atoms with Crippen LogP contribution in [0.1, 0.15) is 10.6 Å². The number of furan rings is 1. The maximum absolute atomic E-state index is 12.8. The molecule has 1 aromatic carbocycles. The van der Waals surface area contributed by atoms with Gasteiger partial charge in [-0.25, -0.2) is 8.42 Å². The first-order chi connectivity index (χ1) is 14.8. The molecule has 1 fully saturated rings. The van der Waals surface area contributed by atoms with E-state index in [9.17, 15) is 18.0 Å². The second-order valence-electron chi connectivity index (χ2n) is 6.77. The Morgan fingerprint density at radius 3 is 2.35 bits per heavy atom. The minimum atomic E-state index is -3.92. The van der Waals surface area contributed by atoms with Crippen molar-refractivity contribution in [2.45, 2.75) is 5.09 Å². The quantitative estimate of drug-likeness (QED) is 0.598. The van der Waals surface area contributed by atoms with Gasteiger partial charge in [0.25, 0.3) is 21.5 Å². The Kier molecular flexibility index (Phi) is 5.56. The highest BCUT2D eigenvalue weighted by molar-refractivity contribution is 7.89. The molecule has 4 rings (SSSR count). The molecule has 1 aliphatic rings. The van der Waals surface area contributed by atoms with E-state index in [1.54, 1.807) is 29.2 Å². The first kappa shape index (κ1) is 21.1. The first-order valence-electron chi connectivity index (χ1n) is 9.27. The van der Waals surface area contributed by atoms with Gasteiger partial charge in [-0.15, -0.1) is 0 Å². The van der Waals surface area contributed by atoms with Crippen LogP contribution in [0.15, 0.2) is 63.0 Å². The van der Waals surface area contributed by atoms with Crippen molar-refractivity contribution in [1.29, 1.82) is 0 Å². The molecule has 0 atom stereocenters. The van der Waals surface area contributed by atoms with Gasteiger partial charge in [0.05, 0.1) is 17.6 Å². The Bertz CT molecular complexity index is 1280. The summed E-state index contributed by atoms with van der Waals surface area (Å²) in [5.41, 5.74) is 5.67. The van der Waals surface area contributed by atoms with E-state index < -0.39 is 21.5 Å². The number of rotatable bonds is 5. The number of benzene rings is 1. The summed E-state index contributed by atoms with van der Waals surface area (Å²) in [4.78, 5) is 25.6. The molecule has 3 heterocycles. The average molecular weight is 464 g/mol. The van der Waals surface area contributed by atoms with Crippen LogP contribution in [0.5, 0.6) is 0 Å². The lowest BCUT2D eigenvalue weighted by Crippen LogP contribution is -2.49. The number of halogens is 1. The van der Waals surface area contributed by atoms with Gasteiger partial charge < -0.3 is 15.1 Å². The van der Waals surface area contributed by atoms with Crippen molar-refractivity contribution in [1.82, 2.24) is 14.1 Å². The number of carbonyl (C=O) groups excluding carboxylic acids is 1. The van der Waals surface area contributed by atoms with Gasteiger partial charge in [-0.1, -0.05) is 29.8 Å². The highest BCUT2D eigenvalue weighted by atomic mass is 35.5. The normalized spacial score (nSPS) is 15.2. The number of piperazine rings is 1. The number of aromatic nitrogens is 2. The van der Waals surface area contributed by atoms with Crippen molar-refractivity contribution < 1.29 is 17.6 Å². The average Bonchev–Trinajstić information content (AvgIpc) is 3.28. The van der Waals surface area contributed by atoms with Gasteiger partial charge in [-0.05, 0) is 24.3 Å². The molecular weight excluding hydrogens is 446 g/mol. The summed E-state index contributed by atoms with van der Waals surface area (Å²) in [6, 6.07) is 11.3. The smallest absolute Gasteiger partial charge is 0.292 e. The zero-order valence-corrected chi connectivity index (χ0v) is 17.7. The zero-order valence-electron chi connectivity index (χ0n) is 16.1. The maximum Gasteiger partial charge on any atom is 0.292 e. The Morgan fingerprint density at radius 1 is 1.06 bits per heavy atom. The molecule has 31 heavy (non-hydrogen) atoms. The van der Waals surface area contributed by atoms with Gasteiger partial charge >= 0.3 is 0 Å². The van der Waals surface area contributed by atoms with E-state index in [-0.39, 0.29) is 29.0 Å². The van der Waals surface area contributed by atoms with Crippen LogP contribution in [-0.4, -0.2) is 54.6 Å². The number of nitrogens with two attached hydrogens (primary N) is 1. The third kappa shape index (κ3) is 3.94. The number of para-hydroxylation sites is 1. The van der Waals surface area contributed by atoms with Gasteiger partial charge in [0.2, 0.25) is 5.09 Å². The molecule has 3 aromatic rings. The molecule has 162 valence electrons. The molecule has 2 aromatic heterocycles. The van der Waals surface area contributed by atoms with Crippen molar-refractivity contribution in [3.8, 4) is 5.69 Å². The number of primary amides is 1. The van der Waals surface area contributed by atoms with Crippen LogP contribution in [0.4, 0.5) is 5.69 Å². The molecule has 2 N–H and O–H groups in total. The number of amides is 1. The van der Waals surface area contributed by atoms with Gasteiger partial charge in [-0.3, -0.25) is 9.59 Å². The SMILES string of the molecule is NC(=O)c1ccc(S(=O)(=O)N2CCN(c3cnn(-c4ccccc4)c(=O)c3Cl)CC2)o1. The number of hydrogen-bond acceptors (Lipinski definition) is 7. The summed E-state index contributed by atoms with van der Waals surface area (Å²) in [5, 5.41) is 3.87. The molecule has 12 heteroatoms. The standard InChI is InChI=1S/C19H18ClN5O5S/c20-17-14(12-22-25(19(17)27)13-4-2-1-3-5-13)23-8-10-24(11-9-23)31(28,29)16-7-6-15(30-16)18(21)26/h1-7,12H,8-11H2,(H2,21,26). The van der Waals surface area contributed by atoms with E-state index in [0.717, 1.165) is 0 Å². The molecule has 0 radical (unpaired) electrons. The second-order valence-corrected chi connectivity index (χ2v) is 9.02. The molecule has 1 saturated heterocycles. The summed E-state index contributed by atoms with van der Waals surface area (Å²) in [6.07, 6.45) is 1.49. The van der Waals surface area contributed by atoms with E-state index in [2.05, 4.69) is 5.10 Å². The monoisotopic (exact) mass is 463 g/mol. The summed E-state index contributed by atoms with van der Waals surface area (Å²) < 4.78 is 33.0. The Hall–Kier alpha value is -3.15. The third-order valence-corrected chi connectivity index (χ3v) is 7.03. The van der Waals surface area contributed by atoms with Crippen LogP contribution in [0.25, 0.3) is 5.69 Å². The van der Waals surface area contributed by atoms with E-state index in [0.29, 0.717) is 24.5 Å². The number of nitrogens with zero attached hydrogens (tertiary/aromatic N) is 4. The van der Waals surface area contributed by atoms with Crippen LogP contribution < -0.4 is 16.2 Å². The Morgan fingerprint density at radius 2 is 1.74 bits per heavy atom. The van der Waals surface area contributed by atoms with Crippen molar-refractivity contribution in [3.05, 3.63) is 69.8 Å². The van der Waals surface area contributed by atoms with Crippen LogP contribution in [0, 0.1) is 0 Å². The first-order valence-corrected chi connectivity index (χ1v) is 11.1. The summed E-state index contributed by atoms with van der Waals surface area (Å²) in [6.45, 7) is 0.845. The summed E-state index contributed by atoms with van der Waals surface area (Å²) in [5.74, 6) is -1.08. The molecule has 10 nitrogen and oxygen atoms in total. The number of carbonyl (C=O) groups is 1. The molecule has 1 amide bonds. The van der Waals surface area contributed by atoms with Gasteiger partial charge in [0, 0.05) is 26.2 Å². The molecule has 0 spiro atoms. The van der Waals surface area contributed by atoms with Gasteiger partial charge in [0.15, 0.2) is 5.76 Å². The lowest BCUT2D eigenvalue weighted by atomic mass is 10.3. The van der Waals surface area contributed by atoms with Crippen LogP contribution >= 0.6 is 11.6 Å². The Balaban J connectivity index is 1.52. The van der Waals surface area contributed by atoms with Crippen LogP contribution in [0.3, 0.4) is 0 Å². The predicted molar refractivity (Wildman–Crippen MR) is 113 cm³/mol. The summed E-state index contributed by atoms with van der Waals surface area (Å²) in [7, 11) is -3.92. The van der Waals surface area contributed by atoms with Crippen LogP contribution in [-0.2, 0) is 10.0 Å². The fourth-order valence-electron chi connectivity index (χ4n) is 3.29. The van der Waals surface area contributed by atoms with E-state index in [1.807, 2.05) is 6.07 Å². The highest BCUT2D eigenvalue weighted by Crippen LogP contribution is 2.25. The number of anilines is 1. The largest absolute Gasteiger partial charge is 0.438 e. The molecule has 0 bridgehead atoms. The lowest BCUT2D eigenvalue weighted by molar-refractivity contribution is 0.0968. The highest BCUT2D eigenvalue weighted by Gasteiger charge is 2.32. The van der Waals surface area contributed by atoms with Crippen molar-refractivity contribution >= 4 is 33.2 Å². The fourth-order valence-corrected chi connectivity index (χ4v) is 4.87. The zero-order chi connectivity index (χ0) is 22.2. The molecular formula is C19H18ClN5O5S. The molecule has 1 aliphatic heterocycles. The Labute approximate surface area is 182 Å². The van der Waals surface area contributed by atoms with E-state index in [4.69, 9.17) is 21.8 Å². The van der Waals surface area contributed by atoms with Crippen molar-refractivity contribution in [3.63, 3.8) is 0 Å². The number of hydrogen-bond donors (Lipinski definition) is 1. The predicted octanol–water partition coefficient (Wildman–Crippen LogP) is 1.09. The minimum Gasteiger partial charge on any atom is -0.438 e. The fraction of sp³-hybridized carbons (Fsp3) is 0.211. The molecule has 0 unspecified atom stereocenters. The van der Waals surface area contributed by atoms with E-state index >= 15 is 0 Å². The van der Waals surface area contributed by atoms with Crippen molar-refractivity contribution in [2.75, 3.05) is 31.1 Å². The van der Waals surface area contributed by atoms with E-state index in [1.165, 1.54) is 27.3 Å².